The lowest BCUT2D eigenvalue weighted by molar-refractivity contribution is -0.131. The quantitative estimate of drug-likeness (QED) is 0.315. The van der Waals surface area contributed by atoms with Gasteiger partial charge in [-0.05, 0) is 38.0 Å². The van der Waals surface area contributed by atoms with Crippen LogP contribution >= 0.6 is 0 Å². The summed E-state index contributed by atoms with van der Waals surface area (Å²) in [6.45, 7) is 2.09. The molecule has 1 unspecified atom stereocenters. The highest BCUT2D eigenvalue weighted by molar-refractivity contribution is 5.92. The monoisotopic (exact) mass is 295 g/mol. The fourth-order valence-corrected chi connectivity index (χ4v) is 4.05. The summed E-state index contributed by atoms with van der Waals surface area (Å²) in [4.78, 5) is 12.8. The molecule has 2 rings (SSSR count). The van der Waals surface area contributed by atoms with E-state index >= 15 is 0 Å². The number of carbonyl (C=O) groups excluding carboxylic acids is 1. The summed E-state index contributed by atoms with van der Waals surface area (Å²) in [5, 5.41) is 15.3. The van der Waals surface area contributed by atoms with E-state index in [4.69, 9.17) is 10.9 Å². The number of amidine groups is 1. The summed E-state index contributed by atoms with van der Waals surface area (Å²) < 4.78 is 0. The fourth-order valence-electron chi connectivity index (χ4n) is 4.05. The van der Waals surface area contributed by atoms with Crippen molar-refractivity contribution < 1.29 is 10.0 Å². The number of hydrogen-bond donors (Lipinski definition) is 3. The summed E-state index contributed by atoms with van der Waals surface area (Å²) in [6, 6.07) is -0.313. The second kappa shape index (κ2) is 7.14. The van der Waals surface area contributed by atoms with Crippen LogP contribution in [0.2, 0.25) is 0 Å². The van der Waals surface area contributed by atoms with E-state index in [1.54, 1.807) is 0 Å². The van der Waals surface area contributed by atoms with E-state index in [2.05, 4.69) is 17.4 Å². The molecule has 2 aliphatic rings. The average molecular weight is 295 g/mol. The van der Waals surface area contributed by atoms with Gasteiger partial charge in [0, 0.05) is 5.41 Å². The van der Waals surface area contributed by atoms with Crippen LogP contribution in [0.5, 0.6) is 0 Å². The van der Waals surface area contributed by atoms with E-state index in [1.807, 2.05) is 0 Å². The van der Waals surface area contributed by atoms with Gasteiger partial charge < -0.3 is 16.3 Å². The van der Waals surface area contributed by atoms with Gasteiger partial charge in [0.1, 0.15) is 0 Å². The van der Waals surface area contributed by atoms with Crippen molar-refractivity contribution in [3.8, 4) is 0 Å². The molecule has 0 radical (unpaired) electrons. The topological polar surface area (TPSA) is 87.7 Å². The molecule has 2 fully saturated rings. The Balaban J connectivity index is 2.08. The molecule has 21 heavy (non-hydrogen) atoms. The minimum Gasteiger partial charge on any atom is -0.409 e. The van der Waals surface area contributed by atoms with Crippen LogP contribution in [0.3, 0.4) is 0 Å². The van der Waals surface area contributed by atoms with E-state index in [-0.39, 0.29) is 23.2 Å². The molecule has 2 aliphatic carbocycles. The van der Waals surface area contributed by atoms with Crippen molar-refractivity contribution in [2.45, 2.75) is 77.2 Å². The standard InChI is InChI=1S/C16H29N3O2/c1-2-16(10-6-7-11-16)15(20)18-13(14(17)19-21)12-8-4-3-5-9-12/h12-13,21H,2-11H2,1H3,(H2,17,19)(H,18,20). The van der Waals surface area contributed by atoms with Crippen molar-refractivity contribution in [2.75, 3.05) is 0 Å². The Morgan fingerprint density at radius 1 is 1.29 bits per heavy atom. The molecular formula is C16H29N3O2. The zero-order valence-electron chi connectivity index (χ0n) is 13.1. The molecular weight excluding hydrogens is 266 g/mol. The van der Waals surface area contributed by atoms with Crippen LogP contribution in [0.1, 0.15) is 71.1 Å². The van der Waals surface area contributed by atoms with Gasteiger partial charge in [0.25, 0.3) is 0 Å². The molecule has 1 amide bonds. The molecule has 0 bridgehead atoms. The van der Waals surface area contributed by atoms with Gasteiger partial charge in [-0.15, -0.1) is 0 Å². The fraction of sp³-hybridized carbons (Fsp3) is 0.875. The van der Waals surface area contributed by atoms with Crippen LogP contribution in [-0.4, -0.2) is 23.0 Å². The first kappa shape index (κ1) is 16.1. The van der Waals surface area contributed by atoms with Gasteiger partial charge in [-0.1, -0.05) is 44.2 Å². The van der Waals surface area contributed by atoms with E-state index in [1.165, 1.54) is 6.42 Å². The van der Waals surface area contributed by atoms with Crippen molar-refractivity contribution in [1.82, 2.24) is 5.32 Å². The number of carbonyl (C=O) groups is 1. The molecule has 0 aromatic carbocycles. The van der Waals surface area contributed by atoms with Crippen molar-refractivity contribution in [3.05, 3.63) is 0 Å². The Labute approximate surface area is 127 Å². The van der Waals surface area contributed by atoms with E-state index in [0.717, 1.165) is 57.8 Å². The molecule has 5 nitrogen and oxygen atoms in total. The lowest BCUT2D eigenvalue weighted by atomic mass is 9.80. The molecule has 1 atom stereocenters. The largest absolute Gasteiger partial charge is 0.409 e. The third-order valence-electron chi connectivity index (χ3n) is 5.56. The lowest BCUT2D eigenvalue weighted by Gasteiger charge is -2.34. The van der Waals surface area contributed by atoms with E-state index in [9.17, 15) is 4.79 Å². The second-order valence-corrected chi connectivity index (χ2v) is 6.72. The third kappa shape index (κ3) is 3.50. The van der Waals surface area contributed by atoms with E-state index < -0.39 is 0 Å². The van der Waals surface area contributed by atoms with Crippen LogP contribution in [0.4, 0.5) is 0 Å². The smallest absolute Gasteiger partial charge is 0.226 e. The first-order valence-electron chi connectivity index (χ1n) is 8.41. The number of hydrogen-bond acceptors (Lipinski definition) is 3. The zero-order chi connectivity index (χ0) is 15.3. The first-order chi connectivity index (χ1) is 10.1. The second-order valence-electron chi connectivity index (χ2n) is 6.72. The highest BCUT2D eigenvalue weighted by atomic mass is 16.4. The van der Waals surface area contributed by atoms with Crippen molar-refractivity contribution in [2.24, 2.45) is 22.2 Å². The Hall–Kier alpha value is -1.26. The molecule has 0 saturated heterocycles. The number of nitrogens with one attached hydrogen (secondary N) is 1. The molecule has 4 N–H and O–H groups in total. The van der Waals surface area contributed by atoms with Crippen LogP contribution in [0.15, 0.2) is 5.16 Å². The number of nitrogens with two attached hydrogens (primary N) is 1. The lowest BCUT2D eigenvalue weighted by Crippen LogP contribution is -2.53. The predicted octanol–water partition coefficient (Wildman–Crippen LogP) is 2.77. The summed E-state index contributed by atoms with van der Waals surface area (Å²) in [5.74, 6) is 0.554. The molecule has 2 saturated carbocycles. The summed E-state index contributed by atoms with van der Waals surface area (Å²) in [5.41, 5.74) is 5.63. The maximum atomic E-state index is 12.8. The molecule has 0 aliphatic heterocycles. The van der Waals surface area contributed by atoms with Gasteiger partial charge >= 0.3 is 0 Å². The number of amides is 1. The van der Waals surface area contributed by atoms with Gasteiger partial charge in [0.2, 0.25) is 5.91 Å². The molecule has 5 heteroatoms. The van der Waals surface area contributed by atoms with Crippen LogP contribution in [0.25, 0.3) is 0 Å². The maximum Gasteiger partial charge on any atom is 0.226 e. The average Bonchev–Trinajstić information content (AvgIpc) is 3.02. The Morgan fingerprint density at radius 3 is 2.43 bits per heavy atom. The van der Waals surface area contributed by atoms with Crippen molar-refractivity contribution >= 4 is 11.7 Å². The predicted molar refractivity (Wildman–Crippen MR) is 83.1 cm³/mol. The zero-order valence-corrected chi connectivity index (χ0v) is 13.1. The third-order valence-corrected chi connectivity index (χ3v) is 5.56. The molecule has 0 spiro atoms. The Kier molecular flexibility index (Phi) is 5.48. The molecule has 120 valence electrons. The van der Waals surface area contributed by atoms with Gasteiger partial charge in [-0.25, -0.2) is 0 Å². The highest BCUT2D eigenvalue weighted by Gasteiger charge is 2.41. The number of nitrogens with zero attached hydrogens (tertiary/aromatic N) is 1. The summed E-state index contributed by atoms with van der Waals surface area (Å²) in [7, 11) is 0. The minimum atomic E-state index is -0.313. The Bertz CT molecular complexity index is 383. The summed E-state index contributed by atoms with van der Waals surface area (Å²) >= 11 is 0. The normalized spacial score (nSPS) is 24.7. The van der Waals surface area contributed by atoms with Crippen LogP contribution < -0.4 is 11.1 Å². The number of oxime groups is 1. The van der Waals surface area contributed by atoms with Gasteiger partial charge in [-0.2, -0.15) is 0 Å². The van der Waals surface area contributed by atoms with Crippen molar-refractivity contribution in [1.29, 1.82) is 0 Å². The van der Waals surface area contributed by atoms with E-state index in [0.29, 0.717) is 5.92 Å². The van der Waals surface area contributed by atoms with Gasteiger partial charge in [0.05, 0.1) is 6.04 Å². The van der Waals surface area contributed by atoms with Gasteiger partial charge in [0.15, 0.2) is 5.84 Å². The maximum absolute atomic E-state index is 12.8. The number of rotatable bonds is 5. The molecule has 0 heterocycles. The Morgan fingerprint density at radius 2 is 1.90 bits per heavy atom. The van der Waals surface area contributed by atoms with Crippen LogP contribution in [-0.2, 0) is 4.79 Å². The van der Waals surface area contributed by atoms with Crippen LogP contribution in [0, 0.1) is 11.3 Å². The molecule has 0 aromatic rings. The van der Waals surface area contributed by atoms with Crippen molar-refractivity contribution in [3.63, 3.8) is 0 Å². The molecule has 0 aromatic heterocycles. The summed E-state index contributed by atoms with van der Waals surface area (Å²) in [6.07, 6.45) is 10.7. The van der Waals surface area contributed by atoms with Gasteiger partial charge in [-0.3, -0.25) is 4.79 Å². The first-order valence-corrected chi connectivity index (χ1v) is 8.41. The SMILES string of the molecule is CCC1(C(=O)NC(C(N)=NO)C2CCCCC2)CCCC1. The highest BCUT2D eigenvalue weighted by Crippen LogP contribution is 2.41. The minimum absolute atomic E-state index is 0.102.